The first-order chi connectivity index (χ1) is 6.45. The highest BCUT2D eigenvalue weighted by Crippen LogP contribution is 2.25. The summed E-state index contributed by atoms with van der Waals surface area (Å²) in [7, 11) is 0. The van der Waals surface area contributed by atoms with Crippen molar-refractivity contribution in [3.63, 3.8) is 0 Å². The van der Waals surface area contributed by atoms with Crippen LogP contribution in [0.1, 0.15) is 20.7 Å². The van der Waals surface area contributed by atoms with Crippen LogP contribution in [0, 0.1) is 3.57 Å². The second kappa shape index (κ2) is 4.26. The summed E-state index contributed by atoms with van der Waals surface area (Å²) in [6.45, 7) is 0. The number of carbonyl (C=O) groups is 2. The molecule has 0 spiro atoms. The van der Waals surface area contributed by atoms with Crippen LogP contribution in [-0.4, -0.2) is 22.2 Å². The largest absolute Gasteiger partial charge is 0.478 e. The summed E-state index contributed by atoms with van der Waals surface area (Å²) in [5.41, 5.74) is -0.0308. The van der Waals surface area contributed by atoms with Crippen molar-refractivity contribution < 1.29 is 19.8 Å². The van der Waals surface area contributed by atoms with Gasteiger partial charge in [-0.2, -0.15) is 0 Å². The first kappa shape index (κ1) is 11.4. The average molecular weight is 371 g/mol. The molecule has 0 aliphatic rings. The van der Waals surface area contributed by atoms with Gasteiger partial charge in [-0.1, -0.05) is 0 Å². The fourth-order valence-corrected chi connectivity index (χ4v) is 2.72. The quantitative estimate of drug-likeness (QED) is 0.784. The van der Waals surface area contributed by atoms with Crippen LogP contribution in [0.2, 0.25) is 0 Å². The number of rotatable bonds is 2. The molecule has 0 amide bonds. The van der Waals surface area contributed by atoms with E-state index in [4.69, 9.17) is 10.2 Å². The van der Waals surface area contributed by atoms with Crippen LogP contribution >= 0.6 is 38.5 Å². The van der Waals surface area contributed by atoms with E-state index in [0.29, 0.717) is 4.47 Å². The van der Waals surface area contributed by atoms with Crippen molar-refractivity contribution in [2.75, 3.05) is 0 Å². The summed E-state index contributed by atoms with van der Waals surface area (Å²) < 4.78 is 0.594. The van der Waals surface area contributed by atoms with Crippen molar-refractivity contribution in [3.05, 3.63) is 31.3 Å². The Morgan fingerprint density at radius 3 is 2.21 bits per heavy atom. The van der Waals surface area contributed by atoms with E-state index in [9.17, 15) is 9.59 Å². The molecule has 2 N–H and O–H groups in total. The maximum Gasteiger partial charge on any atom is 0.337 e. The van der Waals surface area contributed by atoms with Crippen molar-refractivity contribution >= 4 is 50.5 Å². The highest BCUT2D eigenvalue weighted by atomic mass is 127. The molecule has 0 atom stereocenters. The molecule has 1 rings (SSSR count). The fraction of sp³-hybridized carbons (Fsp3) is 0. The number of halogens is 2. The molecule has 0 unspecified atom stereocenters. The zero-order chi connectivity index (χ0) is 10.9. The molecule has 0 aromatic heterocycles. The summed E-state index contributed by atoms with van der Waals surface area (Å²) in [5.74, 6) is -2.28. The lowest BCUT2D eigenvalue weighted by atomic mass is 10.1. The SMILES string of the molecule is O=C(O)c1ccc(Br)c(C(=O)O)c1I. The maximum atomic E-state index is 10.8. The van der Waals surface area contributed by atoms with E-state index in [2.05, 4.69) is 15.9 Å². The molecule has 1 aromatic rings. The molecule has 74 valence electrons. The molecule has 6 heteroatoms. The highest BCUT2D eigenvalue weighted by Gasteiger charge is 2.19. The van der Waals surface area contributed by atoms with E-state index in [0.717, 1.165) is 0 Å². The van der Waals surface area contributed by atoms with E-state index in [1.54, 1.807) is 22.6 Å². The zero-order valence-electron chi connectivity index (χ0n) is 6.62. The van der Waals surface area contributed by atoms with Gasteiger partial charge < -0.3 is 10.2 Å². The second-order valence-corrected chi connectivity index (χ2v) is 4.33. The van der Waals surface area contributed by atoms with Crippen molar-refractivity contribution in [1.29, 1.82) is 0 Å². The van der Waals surface area contributed by atoms with E-state index in [-0.39, 0.29) is 14.7 Å². The first-order valence-electron chi connectivity index (χ1n) is 3.39. The Morgan fingerprint density at radius 2 is 1.79 bits per heavy atom. The van der Waals surface area contributed by atoms with Gasteiger partial charge in [0.15, 0.2) is 0 Å². The molecule has 0 saturated heterocycles. The van der Waals surface area contributed by atoms with Gasteiger partial charge >= 0.3 is 11.9 Å². The number of carboxylic acid groups (broad SMARTS) is 2. The third-order valence-electron chi connectivity index (χ3n) is 1.54. The summed E-state index contributed by atoms with van der Waals surface area (Å²) in [5, 5.41) is 17.6. The summed E-state index contributed by atoms with van der Waals surface area (Å²) in [6.07, 6.45) is 0. The van der Waals surface area contributed by atoms with Gasteiger partial charge in [-0.05, 0) is 50.7 Å². The lowest BCUT2D eigenvalue weighted by molar-refractivity contribution is 0.0694. The molecular weight excluding hydrogens is 367 g/mol. The maximum absolute atomic E-state index is 10.8. The Hall–Kier alpha value is -0.630. The van der Waals surface area contributed by atoms with Crippen molar-refractivity contribution in [2.24, 2.45) is 0 Å². The third kappa shape index (κ3) is 2.06. The Labute approximate surface area is 101 Å². The van der Waals surface area contributed by atoms with Gasteiger partial charge in [-0.25, -0.2) is 9.59 Å². The smallest absolute Gasteiger partial charge is 0.337 e. The van der Waals surface area contributed by atoms with Gasteiger partial charge in [0, 0.05) is 8.04 Å². The standard InChI is InChI=1S/C8H4BrIO4/c9-4-2-1-3(7(11)12)6(10)5(4)8(13)14/h1-2H,(H,11,12)(H,13,14). The summed E-state index contributed by atoms with van der Waals surface area (Å²) >= 11 is 4.76. The Morgan fingerprint density at radius 1 is 1.21 bits per heavy atom. The lowest BCUT2D eigenvalue weighted by Crippen LogP contribution is -2.07. The number of hydrogen-bond donors (Lipinski definition) is 2. The van der Waals surface area contributed by atoms with Crippen molar-refractivity contribution in [3.8, 4) is 0 Å². The van der Waals surface area contributed by atoms with E-state index in [1.165, 1.54) is 12.1 Å². The minimum absolute atomic E-state index is 0.00815. The highest BCUT2D eigenvalue weighted by molar-refractivity contribution is 14.1. The van der Waals surface area contributed by atoms with Crippen LogP contribution < -0.4 is 0 Å². The van der Waals surface area contributed by atoms with Crippen LogP contribution in [-0.2, 0) is 0 Å². The van der Waals surface area contributed by atoms with Crippen LogP contribution in [0.25, 0.3) is 0 Å². The number of benzene rings is 1. The van der Waals surface area contributed by atoms with Crippen LogP contribution in [0.4, 0.5) is 0 Å². The van der Waals surface area contributed by atoms with Crippen molar-refractivity contribution in [1.82, 2.24) is 0 Å². The van der Waals surface area contributed by atoms with Gasteiger partial charge in [0.25, 0.3) is 0 Å². The van der Waals surface area contributed by atoms with Gasteiger partial charge in [0.2, 0.25) is 0 Å². The molecule has 0 saturated carbocycles. The number of carboxylic acids is 2. The molecule has 14 heavy (non-hydrogen) atoms. The summed E-state index contributed by atoms with van der Waals surface area (Å²) in [6, 6.07) is 2.77. The first-order valence-corrected chi connectivity index (χ1v) is 5.27. The van der Waals surface area contributed by atoms with Gasteiger partial charge in [-0.15, -0.1) is 0 Å². The van der Waals surface area contributed by atoms with Gasteiger partial charge in [0.05, 0.1) is 11.1 Å². The molecule has 0 heterocycles. The number of aromatic carboxylic acids is 2. The average Bonchev–Trinajstić information content (AvgIpc) is 2.02. The van der Waals surface area contributed by atoms with Gasteiger partial charge in [-0.3, -0.25) is 0 Å². The summed E-state index contributed by atoms with van der Waals surface area (Å²) in [4.78, 5) is 21.5. The lowest BCUT2D eigenvalue weighted by Gasteiger charge is -2.05. The van der Waals surface area contributed by atoms with Crippen LogP contribution in [0.3, 0.4) is 0 Å². The Bertz CT molecular complexity index is 416. The Kier molecular flexibility index (Phi) is 3.48. The van der Waals surface area contributed by atoms with Crippen molar-refractivity contribution in [2.45, 2.75) is 0 Å². The van der Waals surface area contributed by atoms with Crippen LogP contribution in [0.5, 0.6) is 0 Å². The van der Waals surface area contributed by atoms with E-state index in [1.807, 2.05) is 0 Å². The third-order valence-corrected chi connectivity index (χ3v) is 3.32. The molecule has 0 radical (unpaired) electrons. The molecular formula is C8H4BrIO4. The van der Waals surface area contributed by atoms with E-state index < -0.39 is 11.9 Å². The Balaban J connectivity index is 3.49. The van der Waals surface area contributed by atoms with E-state index >= 15 is 0 Å². The predicted octanol–water partition coefficient (Wildman–Crippen LogP) is 2.45. The fourth-order valence-electron chi connectivity index (χ4n) is 0.914. The minimum atomic E-state index is -1.15. The zero-order valence-corrected chi connectivity index (χ0v) is 10.4. The minimum Gasteiger partial charge on any atom is -0.478 e. The second-order valence-electron chi connectivity index (χ2n) is 2.39. The molecule has 0 fully saturated rings. The van der Waals surface area contributed by atoms with Crippen LogP contribution in [0.15, 0.2) is 16.6 Å². The molecule has 0 aliphatic carbocycles. The van der Waals surface area contributed by atoms with Gasteiger partial charge in [0.1, 0.15) is 0 Å². The molecule has 0 aliphatic heterocycles. The molecule has 1 aromatic carbocycles. The monoisotopic (exact) mass is 370 g/mol. The number of hydrogen-bond acceptors (Lipinski definition) is 2. The normalized spacial score (nSPS) is 9.86. The molecule has 4 nitrogen and oxygen atoms in total. The topological polar surface area (TPSA) is 74.6 Å². The predicted molar refractivity (Wildman–Crippen MR) is 60.8 cm³/mol. The molecule has 0 bridgehead atoms.